The van der Waals surface area contributed by atoms with Crippen molar-refractivity contribution in [1.29, 1.82) is 0 Å². The van der Waals surface area contributed by atoms with Gasteiger partial charge < -0.3 is 9.84 Å². The maximum absolute atomic E-state index is 13.5. The van der Waals surface area contributed by atoms with Crippen molar-refractivity contribution in [3.05, 3.63) is 70.5 Å². The molecule has 0 radical (unpaired) electrons. The van der Waals surface area contributed by atoms with Gasteiger partial charge in [0.2, 0.25) is 0 Å². The maximum Gasteiger partial charge on any atom is 0.410 e. The Morgan fingerprint density at radius 3 is 2.29 bits per heavy atom. The van der Waals surface area contributed by atoms with Gasteiger partial charge in [-0.1, -0.05) is 63.6 Å². The van der Waals surface area contributed by atoms with Crippen molar-refractivity contribution in [3.63, 3.8) is 0 Å². The van der Waals surface area contributed by atoms with Gasteiger partial charge in [-0.05, 0) is 47.7 Å². The van der Waals surface area contributed by atoms with Crippen molar-refractivity contribution in [2.75, 3.05) is 7.05 Å². The highest BCUT2D eigenvalue weighted by Gasteiger charge is 2.38. The molecule has 0 aromatic heterocycles. The van der Waals surface area contributed by atoms with E-state index >= 15 is 0 Å². The number of aliphatic carboxylic acids is 1. The number of carbonyl (C=O) groups is 2. The first kappa shape index (κ1) is 24.7. The third-order valence-electron chi connectivity index (χ3n) is 5.35. The zero-order valence-corrected chi connectivity index (χ0v) is 19.2. The fraction of sp³-hybridized carbons (Fsp3) is 0.417. The summed E-state index contributed by atoms with van der Waals surface area (Å²) in [7, 11) is 1.41. The number of carboxylic acids is 1. The SMILES string of the molecule is CC(C)C[C@@H](C(=O)O)N(C)C(=O)OC(c1ccc(F)cc1)C(C)(C)c1cccc(Cl)c1. The van der Waals surface area contributed by atoms with Crippen LogP contribution in [0.15, 0.2) is 48.5 Å². The van der Waals surface area contributed by atoms with Gasteiger partial charge in [-0.15, -0.1) is 0 Å². The van der Waals surface area contributed by atoms with Gasteiger partial charge in [0, 0.05) is 17.5 Å². The molecule has 1 amide bonds. The smallest absolute Gasteiger partial charge is 0.410 e. The fourth-order valence-corrected chi connectivity index (χ4v) is 3.68. The lowest BCUT2D eigenvalue weighted by Crippen LogP contribution is -2.45. The molecule has 31 heavy (non-hydrogen) atoms. The Kier molecular flexibility index (Phi) is 8.07. The molecule has 5 nitrogen and oxygen atoms in total. The van der Waals surface area contributed by atoms with E-state index in [1.807, 2.05) is 33.8 Å². The third-order valence-corrected chi connectivity index (χ3v) is 5.59. The number of rotatable bonds is 8. The van der Waals surface area contributed by atoms with Crippen LogP contribution in [0.4, 0.5) is 9.18 Å². The predicted molar refractivity (Wildman–Crippen MR) is 119 cm³/mol. The monoisotopic (exact) mass is 449 g/mol. The molecule has 0 bridgehead atoms. The number of carbonyl (C=O) groups excluding carboxylic acids is 1. The minimum Gasteiger partial charge on any atom is -0.480 e. The number of carboxylic acid groups (broad SMARTS) is 1. The van der Waals surface area contributed by atoms with Gasteiger partial charge in [0.15, 0.2) is 0 Å². The van der Waals surface area contributed by atoms with Crippen molar-refractivity contribution in [1.82, 2.24) is 4.90 Å². The Morgan fingerprint density at radius 2 is 1.77 bits per heavy atom. The molecule has 0 saturated heterocycles. The van der Waals surface area contributed by atoms with E-state index in [9.17, 15) is 19.1 Å². The Morgan fingerprint density at radius 1 is 1.16 bits per heavy atom. The highest BCUT2D eigenvalue weighted by atomic mass is 35.5. The number of ether oxygens (including phenoxy) is 1. The largest absolute Gasteiger partial charge is 0.480 e. The summed E-state index contributed by atoms with van der Waals surface area (Å²) >= 11 is 6.17. The topological polar surface area (TPSA) is 66.8 Å². The first-order chi connectivity index (χ1) is 14.4. The minimum atomic E-state index is -1.10. The van der Waals surface area contributed by atoms with Crippen molar-refractivity contribution in [2.45, 2.75) is 51.7 Å². The van der Waals surface area contributed by atoms with Gasteiger partial charge in [-0.25, -0.2) is 14.0 Å². The lowest BCUT2D eigenvalue weighted by Gasteiger charge is -2.36. The summed E-state index contributed by atoms with van der Waals surface area (Å²) in [6, 6.07) is 11.9. The molecule has 0 aliphatic rings. The first-order valence-electron chi connectivity index (χ1n) is 10.1. The lowest BCUT2D eigenvalue weighted by atomic mass is 9.76. The van der Waals surface area contributed by atoms with Gasteiger partial charge in [-0.3, -0.25) is 4.90 Å². The van der Waals surface area contributed by atoms with Gasteiger partial charge >= 0.3 is 12.1 Å². The molecule has 2 atom stereocenters. The van der Waals surface area contributed by atoms with E-state index in [1.54, 1.807) is 30.3 Å². The van der Waals surface area contributed by atoms with Crippen molar-refractivity contribution >= 4 is 23.7 Å². The molecular formula is C24H29ClFNO4. The summed E-state index contributed by atoms with van der Waals surface area (Å²) in [5, 5.41) is 10.1. The summed E-state index contributed by atoms with van der Waals surface area (Å²) < 4.78 is 19.4. The molecular weight excluding hydrogens is 421 g/mol. The summed E-state index contributed by atoms with van der Waals surface area (Å²) in [5.74, 6) is -1.43. The van der Waals surface area contributed by atoms with E-state index in [0.29, 0.717) is 17.0 Å². The van der Waals surface area contributed by atoms with E-state index in [4.69, 9.17) is 16.3 Å². The molecule has 0 saturated carbocycles. The number of amides is 1. The molecule has 2 aromatic rings. The van der Waals surface area contributed by atoms with Crippen LogP contribution in [0, 0.1) is 11.7 Å². The second-order valence-corrected chi connectivity index (χ2v) is 9.08. The Labute approximate surface area is 187 Å². The summed E-state index contributed by atoms with van der Waals surface area (Å²) in [6.07, 6.45) is -1.28. The number of nitrogens with zero attached hydrogens (tertiary/aromatic N) is 1. The van der Waals surface area contributed by atoms with E-state index < -0.39 is 35.4 Å². The maximum atomic E-state index is 13.5. The van der Waals surface area contributed by atoms with Gasteiger partial charge in [0.25, 0.3) is 0 Å². The van der Waals surface area contributed by atoms with Crippen LogP contribution in [0.3, 0.4) is 0 Å². The molecule has 0 fully saturated rings. The average molecular weight is 450 g/mol. The number of likely N-dealkylation sites (N-methyl/N-ethyl adjacent to an activating group) is 1. The highest BCUT2D eigenvalue weighted by molar-refractivity contribution is 6.30. The molecule has 0 aliphatic heterocycles. The number of halogens is 2. The number of hydrogen-bond acceptors (Lipinski definition) is 3. The van der Waals surface area contributed by atoms with E-state index in [2.05, 4.69) is 0 Å². The number of benzene rings is 2. The van der Waals surface area contributed by atoms with Crippen molar-refractivity contribution in [3.8, 4) is 0 Å². The van der Waals surface area contributed by atoms with Gasteiger partial charge in [0.05, 0.1) is 0 Å². The quantitative estimate of drug-likeness (QED) is 0.531. The second-order valence-electron chi connectivity index (χ2n) is 8.64. The predicted octanol–water partition coefficient (Wildman–Crippen LogP) is 6.07. The van der Waals surface area contributed by atoms with E-state index in [-0.39, 0.29) is 5.92 Å². The summed E-state index contributed by atoms with van der Waals surface area (Å²) in [4.78, 5) is 25.8. The minimum absolute atomic E-state index is 0.0761. The molecule has 0 spiro atoms. The fourth-order valence-electron chi connectivity index (χ4n) is 3.49. The van der Waals surface area contributed by atoms with Crippen LogP contribution in [-0.2, 0) is 14.9 Å². The molecule has 7 heteroatoms. The summed E-state index contributed by atoms with van der Waals surface area (Å²) in [5.41, 5.74) is 0.668. The Bertz CT molecular complexity index is 914. The molecule has 1 N–H and O–H groups in total. The highest BCUT2D eigenvalue weighted by Crippen LogP contribution is 2.41. The molecule has 2 rings (SSSR count). The third kappa shape index (κ3) is 6.20. The van der Waals surface area contributed by atoms with Crippen LogP contribution in [0.2, 0.25) is 5.02 Å². The zero-order chi connectivity index (χ0) is 23.3. The first-order valence-corrected chi connectivity index (χ1v) is 10.5. The average Bonchev–Trinajstić information content (AvgIpc) is 2.70. The van der Waals surface area contributed by atoms with Crippen LogP contribution in [0.1, 0.15) is 51.3 Å². The van der Waals surface area contributed by atoms with Crippen molar-refractivity contribution < 1.29 is 23.8 Å². The molecule has 1 unspecified atom stereocenters. The summed E-state index contributed by atoms with van der Waals surface area (Å²) in [6.45, 7) is 7.56. The lowest BCUT2D eigenvalue weighted by molar-refractivity contribution is -0.143. The van der Waals surface area contributed by atoms with Crippen LogP contribution in [0.5, 0.6) is 0 Å². The standard InChI is InChI=1S/C24H29ClFNO4/c1-15(2)13-20(22(28)29)27(5)23(30)31-21(16-9-11-19(26)12-10-16)24(3,4)17-7-6-8-18(25)14-17/h6-12,14-15,20-21H,13H2,1-5H3,(H,28,29)/t20-,21?/m0/s1. The molecule has 0 aliphatic carbocycles. The Balaban J connectivity index is 2.42. The number of hydrogen-bond donors (Lipinski definition) is 1. The van der Waals surface area contributed by atoms with Crippen LogP contribution < -0.4 is 0 Å². The Hall–Kier alpha value is -2.60. The van der Waals surface area contributed by atoms with Gasteiger partial charge in [-0.2, -0.15) is 0 Å². The van der Waals surface area contributed by atoms with E-state index in [1.165, 1.54) is 19.2 Å². The van der Waals surface area contributed by atoms with Crippen LogP contribution in [-0.4, -0.2) is 35.2 Å². The molecule has 168 valence electrons. The molecule has 0 heterocycles. The second kappa shape index (κ2) is 10.1. The van der Waals surface area contributed by atoms with Crippen LogP contribution in [0.25, 0.3) is 0 Å². The molecule has 2 aromatic carbocycles. The van der Waals surface area contributed by atoms with Crippen molar-refractivity contribution in [2.24, 2.45) is 5.92 Å². The van der Waals surface area contributed by atoms with Crippen LogP contribution >= 0.6 is 11.6 Å². The van der Waals surface area contributed by atoms with E-state index in [0.717, 1.165) is 10.5 Å². The zero-order valence-electron chi connectivity index (χ0n) is 18.4. The van der Waals surface area contributed by atoms with Gasteiger partial charge in [0.1, 0.15) is 18.0 Å². The normalized spacial score (nSPS) is 13.5.